The summed E-state index contributed by atoms with van der Waals surface area (Å²) in [6, 6.07) is 2.85. The van der Waals surface area contributed by atoms with E-state index < -0.39 is 0 Å². The summed E-state index contributed by atoms with van der Waals surface area (Å²) in [6.45, 7) is 2.38. The van der Waals surface area contributed by atoms with Crippen LogP contribution in [0.15, 0.2) is 12.4 Å². The summed E-state index contributed by atoms with van der Waals surface area (Å²) in [5.41, 5.74) is 1.26. The van der Waals surface area contributed by atoms with E-state index in [-0.39, 0.29) is 0 Å². The Hall–Kier alpha value is -1.16. The van der Waals surface area contributed by atoms with Crippen molar-refractivity contribution >= 4 is 5.82 Å². The molecule has 1 aliphatic heterocycles. The van der Waals surface area contributed by atoms with Crippen LogP contribution in [0.1, 0.15) is 50.1 Å². The average molecular weight is 274 g/mol. The highest BCUT2D eigenvalue weighted by Crippen LogP contribution is 2.34. The number of likely N-dealkylation sites (tertiary alicyclic amines) is 1. The zero-order valence-electron chi connectivity index (χ0n) is 12.8. The maximum atomic E-state index is 4.51. The van der Waals surface area contributed by atoms with Crippen LogP contribution in [0.3, 0.4) is 0 Å². The van der Waals surface area contributed by atoms with Crippen LogP contribution in [0.4, 0.5) is 5.82 Å². The third-order valence-corrected chi connectivity index (χ3v) is 5.04. The molecular formula is C16H26N4. The van der Waals surface area contributed by atoms with Crippen molar-refractivity contribution < 1.29 is 0 Å². The van der Waals surface area contributed by atoms with Gasteiger partial charge in [0.15, 0.2) is 0 Å². The molecule has 0 bridgehead atoms. The first-order valence-electron chi connectivity index (χ1n) is 7.97. The molecule has 2 heterocycles. The Morgan fingerprint density at radius 3 is 2.50 bits per heavy atom. The second kappa shape index (κ2) is 6.08. The molecule has 0 unspecified atom stereocenters. The molecule has 0 atom stereocenters. The van der Waals surface area contributed by atoms with Crippen molar-refractivity contribution in [3.05, 3.63) is 18.1 Å². The minimum atomic E-state index is 0.623. The van der Waals surface area contributed by atoms with Crippen molar-refractivity contribution in [3.8, 4) is 0 Å². The van der Waals surface area contributed by atoms with E-state index in [0.29, 0.717) is 12.0 Å². The lowest BCUT2D eigenvalue weighted by Crippen LogP contribution is -2.42. The molecule has 0 amide bonds. The van der Waals surface area contributed by atoms with Gasteiger partial charge >= 0.3 is 0 Å². The quantitative estimate of drug-likeness (QED) is 0.848. The van der Waals surface area contributed by atoms with Gasteiger partial charge in [0, 0.05) is 30.8 Å². The normalized spacial score (nSPS) is 22.3. The van der Waals surface area contributed by atoms with E-state index in [0.717, 1.165) is 5.82 Å². The average Bonchev–Trinajstić information content (AvgIpc) is 3.02. The zero-order chi connectivity index (χ0) is 13.9. The van der Waals surface area contributed by atoms with Crippen molar-refractivity contribution in [1.29, 1.82) is 0 Å². The molecule has 0 spiro atoms. The second-order valence-electron chi connectivity index (χ2n) is 6.43. The Morgan fingerprint density at radius 2 is 1.80 bits per heavy atom. The number of nitrogens with zero attached hydrogens (tertiary/aromatic N) is 4. The van der Waals surface area contributed by atoms with Gasteiger partial charge in [0.1, 0.15) is 12.1 Å². The molecule has 0 N–H and O–H groups in total. The Morgan fingerprint density at radius 1 is 1.10 bits per heavy atom. The van der Waals surface area contributed by atoms with Gasteiger partial charge in [-0.1, -0.05) is 12.8 Å². The third kappa shape index (κ3) is 2.95. The highest BCUT2D eigenvalue weighted by atomic mass is 15.2. The van der Waals surface area contributed by atoms with Crippen LogP contribution in [0.25, 0.3) is 0 Å². The van der Waals surface area contributed by atoms with Gasteiger partial charge in [0.05, 0.1) is 0 Å². The molecule has 0 radical (unpaired) electrons. The molecule has 1 saturated heterocycles. The molecule has 1 aliphatic carbocycles. The first-order valence-corrected chi connectivity index (χ1v) is 7.97. The van der Waals surface area contributed by atoms with Crippen LogP contribution >= 0.6 is 0 Å². The molecule has 1 aromatic heterocycles. The van der Waals surface area contributed by atoms with Gasteiger partial charge in [-0.2, -0.15) is 0 Å². The summed E-state index contributed by atoms with van der Waals surface area (Å²) in [7, 11) is 4.40. The van der Waals surface area contributed by atoms with E-state index in [1.807, 2.05) is 0 Å². The SMILES string of the molecule is CN1CCC(N(C)c2cc(C3CCCC3)ncn2)CC1. The van der Waals surface area contributed by atoms with Gasteiger partial charge in [0.2, 0.25) is 0 Å². The van der Waals surface area contributed by atoms with Crippen LogP contribution in [0.2, 0.25) is 0 Å². The molecule has 2 aliphatic rings. The zero-order valence-corrected chi connectivity index (χ0v) is 12.8. The summed E-state index contributed by atoms with van der Waals surface area (Å²) in [4.78, 5) is 13.8. The lowest BCUT2D eigenvalue weighted by atomic mass is 10.0. The van der Waals surface area contributed by atoms with E-state index in [4.69, 9.17) is 0 Å². The number of hydrogen-bond donors (Lipinski definition) is 0. The van der Waals surface area contributed by atoms with Crippen molar-refractivity contribution in [2.45, 2.75) is 50.5 Å². The molecule has 110 valence electrons. The van der Waals surface area contributed by atoms with Gasteiger partial charge in [-0.3, -0.25) is 0 Å². The molecule has 1 aromatic rings. The summed E-state index contributed by atoms with van der Waals surface area (Å²) in [6.07, 6.45) is 9.53. The molecule has 3 rings (SSSR count). The first kappa shape index (κ1) is 13.8. The highest BCUT2D eigenvalue weighted by Gasteiger charge is 2.23. The minimum absolute atomic E-state index is 0.623. The molecular weight excluding hydrogens is 248 g/mol. The minimum Gasteiger partial charge on any atom is -0.356 e. The van der Waals surface area contributed by atoms with E-state index in [2.05, 4.69) is 39.9 Å². The van der Waals surface area contributed by atoms with Crippen LogP contribution in [0.5, 0.6) is 0 Å². The smallest absolute Gasteiger partial charge is 0.132 e. The highest BCUT2D eigenvalue weighted by molar-refractivity contribution is 5.40. The van der Waals surface area contributed by atoms with E-state index >= 15 is 0 Å². The molecule has 1 saturated carbocycles. The fourth-order valence-corrected chi connectivity index (χ4v) is 3.57. The van der Waals surface area contributed by atoms with Gasteiger partial charge < -0.3 is 9.80 Å². The number of hydrogen-bond acceptors (Lipinski definition) is 4. The maximum Gasteiger partial charge on any atom is 0.132 e. The molecule has 20 heavy (non-hydrogen) atoms. The van der Waals surface area contributed by atoms with Gasteiger partial charge in [0.25, 0.3) is 0 Å². The topological polar surface area (TPSA) is 32.3 Å². The van der Waals surface area contributed by atoms with Crippen molar-refractivity contribution in [2.75, 3.05) is 32.1 Å². The van der Waals surface area contributed by atoms with Gasteiger partial charge in [-0.25, -0.2) is 9.97 Å². The largest absolute Gasteiger partial charge is 0.356 e. The fourth-order valence-electron chi connectivity index (χ4n) is 3.57. The summed E-state index contributed by atoms with van der Waals surface area (Å²) in [5, 5.41) is 0. The van der Waals surface area contributed by atoms with Crippen molar-refractivity contribution in [2.24, 2.45) is 0 Å². The first-order chi connectivity index (χ1) is 9.74. The Labute approximate surface area is 122 Å². The summed E-state index contributed by atoms with van der Waals surface area (Å²) >= 11 is 0. The van der Waals surface area contributed by atoms with Crippen LogP contribution in [-0.2, 0) is 0 Å². The fraction of sp³-hybridized carbons (Fsp3) is 0.750. The van der Waals surface area contributed by atoms with Crippen molar-refractivity contribution in [1.82, 2.24) is 14.9 Å². The molecule has 2 fully saturated rings. The molecule has 4 heteroatoms. The van der Waals surface area contributed by atoms with E-state index in [1.165, 1.54) is 57.3 Å². The maximum absolute atomic E-state index is 4.51. The van der Waals surface area contributed by atoms with Crippen LogP contribution in [-0.4, -0.2) is 48.1 Å². The van der Waals surface area contributed by atoms with Gasteiger partial charge in [-0.05, 0) is 45.8 Å². The second-order valence-corrected chi connectivity index (χ2v) is 6.43. The lowest BCUT2D eigenvalue weighted by molar-refractivity contribution is 0.252. The summed E-state index contributed by atoms with van der Waals surface area (Å²) < 4.78 is 0. The standard InChI is InChI=1S/C16H26N4/c1-19-9-7-14(8-10-19)20(2)16-11-15(17-12-18-16)13-5-3-4-6-13/h11-14H,3-10H2,1-2H3. The monoisotopic (exact) mass is 274 g/mol. The number of rotatable bonds is 3. The van der Waals surface area contributed by atoms with E-state index in [9.17, 15) is 0 Å². The predicted octanol–water partition coefficient (Wildman–Crippen LogP) is 2.66. The molecule has 4 nitrogen and oxygen atoms in total. The van der Waals surface area contributed by atoms with Crippen molar-refractivity contribution in [3.63, 3.8) is 0 Å². The van der Waals surface area contributed by atoms with Gasteiger partial charge in [-0.15, -0.1) is 0 Å². The summed E-state index contributed by atoms with van der Waals surface area (Å²) in [5.74, 6) is 1.78. The van der Waals surface area contributed by atoms with Crippen LogP contribution < -0.4 is 4.90 Å². The predicted molar refractivity (Wildman–Crippen MR) is 82.2 cm³/mol. The number of piperidine rings is 1. The Bertz CT molecular complexity index is 434. The lowest BCUT2D eigenvalue weighted by Gasteiger charge is -2.35. The molecule has 0 aromatic carbocycles. The Kier molecular flexibility index (Phi) is 4.20. The Balaban J connectivity index is 1.71. The number of anilines is 1. The van der Waals surface area contributed by atoms with Crippen LogP contribution in [0, 0.1) is 0 Å². The third-order valence-electron chi connectivity index (χ3n) is 5.04. The number of aromatic nitrogens is 2. The van der Waals surface area contributed by atoms with E-state index in [1.54, 1.807) is 6.33 Å².